The standard InChI is InChI=1S/C26H51BrO2/c1-3-5-7-9-11-13-14-16-18-20-22-25(24-29-26(28)23-27)21-19-17-15-12-10-8-6-4-2/h25H,3-24H2,1-2H3. The van der Waals surface area contributed by atoms with Crippen molar-refractivity contribution in [2.75, 3.05) is 11.9 Å². The molecule has 174 valence electrons. The van der Waals surface area contributed by atoms with Gasteiger partial charge in [-0.05, 0) is 18.8 Å². The lowest BCUT2D eigenvalue weighted by molar-refractivity contribution is -0.141. The number of esters is 1. The summed E-state index contributed by atoms with van der Waals surface area (Å²) in [5, 5.41) is 0.315. The summed E-state index contributed by atoms with van der Waals surface area (Å²) in [7, 11) is 0. The van der Waals surface area contributed by atoms with Gasteiger partial charge in [0.15, 0.2) is 0 Å². The van der Waals surface area contributed by atoms with Crippen LogP contribution in [0.4, 0.5) is 0 Å². The van der Waals surface area contributed by atoms with E-state index in [0.29, 0.717) is 17.9 Å². The van der Waals surface area contributed by atoms with Crippen molar-refractivity contribution in [3.05, 3.63) is 0 Å². The number of carbonyl (C=O) groups excluding carboxylic acids is 1. The lowest BCUT2D eigenvalue weighted by Gasteiger charge is -2.17. The second-order valence-corrected chi connectivity index (χ2v) is 9.48. The fourth-order valence-corrected chi connectivity index (χ4v) is 4.21. The normalized spacial score (nSPS) is 12.2. The van der Waals surface area contributed by atoms with E-state index in [-0.39, 0.29) is 5.97 Å². The first-order valence-electron chi connectivity index (χ1n) is 13.0. The minimum Gasteiger partial charge on any atom is -0.465 e. The number of carbonyl (C=O) groups is 1. The Labute approximate surface area is 191 Å². The SMILES string of the molecule is CCCCCCCCCCCCC(CCCCCCCCCC)COC(=O)CBr. The van der Waals surface area contributed by atoms with Gasteiger partial charge in [-0.25, -0.2) is 0 Å². The van der Waals surface area contributed by atoms with Crippen LogP contribution in [0.1, 0.15) is 142 Å². The third-order valence-corrected chi connectivity index (χ3v) is 6.48. The van der Waals surface area contributed by atoms with Crippen LogP contribution in [0.15, 0.2) is 0 Å². The highest BCUT2D eigenvalue weighted by atomic mass is 79.9. The van der Waals surface area contributed by atoms with Crippen molar-refractivity contribution in [1.29, 1.82) is 0 Å². The van der Waals surface area contributed by atoms with Crippen molar-refractivity contribution in [2.24, 2.45) is 5.92 Å². The monoisotopic (exact) mass is 474 g/mol. The van der Waals surface area contributed by atoms with E-state index >= 15 is 0 Å². The third-order valence-electron chi connectivity index (χ3n) is 6.02. The molecule has 0 bridgehead atoms. The van der Waals surface area contributed by atoms with Gasteiger partial charge in [-0.3, -0.25) is 4.79 Å². The molecule has 0 radical (unpaired) electrons. The van der Waals surface area contributed by atoms with E-state index < -0.39 is 0 Å². The molecule has 0 aromatic carbocycles. The average Bonchev–Trinajstić information content (AvgIpc) is 2.74. The summed E-state index contributed by atoms with van der Waals surface area (Å²) in [6.07, 6.45) is 27.2. The summed E-state index contributed by atoms with van der Waals surface area (Å²) in [6, 6.07) is 0. The Kier molecular flexibility index (Phi) is 24.2. The first-order valence-corrected chi connectivity index (χ1v) is 14.1. The molecular formula is C26H51BrO2. The Balaban J connectivity index is 3.75. The van der Waals surface area contributed by atoms with Crippen LogP contribution in [0.3, 0.4) is 0 Å². The maximum atomic E-state index is 11.5. The number of hydrogen-bond donors (Lipinski definition) is 0. The van der Waals surface area contributed by atoms with Crippen molar-refractivity contribution < 1.29 is 9.53 Å². The maximum absolute atomic E-state index is 11.5. The Morgan fingerprint density at radius 3 is 1.31 bits per heavy atom. The van der Waals surface area contributed by atoms with Gasteiger partial charge >= 0.3 is 5.97 Å². The van der Waals surface area contributed by atoms with E-state index in [1.54, 1.807) is 0 Å². The highest BCUT2D eigenvalue weighted by Gasteiger charge is 2.11. The molecule has 0 aromatic rings. The lowest BCUT2D eigenvalue weighted by atomic mass is 9.94. The van der Waals surface area contributed by atoms with Gasteiger partial charge in [0.1, 0.15) is 5.33 Å². The van der Waals surface area contributed by atoms with Crippen LogP contribution < -0.4 is 0 Å². The van der Waals surface area contributed by atoms with E-state index in [0.717, 1.165) is 0 Å². The summed E-state index contributed by atoms with van der Waals surface area (Å²) in [6.45, 7) is 5.18. The predicted octanol–water partition coefficient (Wildman–Crippen LogP) is 9.38. The van der Waals surface area contributed by atoms with E-state index in [9.17, 15) is 4.79 Å². The Hall–Kier alpha value is -0.0500. The van der Waals surface area contributed by atoms with Gasteiger partial charge in [0.25, 0.3) is 0 Å². The lowest BCUT2D eigenvalue weighted by Crippen LogP contribution is -2.15. The molecule has 0 aromatic heterocycles. The molecule has 0 rings (SSSR count). The van der Waals surface area contributed by atoms with Crippen LogP contribution in [0.2, 0.25) is 0 Å². The highest BCUT2D eigenvalue weighted by Crippen LogP contribution is 2.20. The van der Waals surface area contributed by atoms with Crippen molar-refractivity contribution >= 4 is 21.9 Å². The zero-order valence-electron chi connectivity index (χ0n) is 19.8. The number of halogens is 1. The summed E-state index contributed by atoms with van der Waals surface area (Å²) in [5.74, 6) is 0.445. The van der Waals surface area contributed by atoms with E-state index in [2.05, 4.69) is 29.8 Å². The van der Waals surface area contributed by atoms with Gasteiger partial charge in [-0.1, -0.05) is 145 Å². The zero-order valence-corrected chi connectivity index (χ0v) is 21.4. The predicted molar refractivity (Wildman–Crippen MR) is 132 cm³/mol. The Bertz CT molecular complexity index is 333. The topological polar surface area (TPSA) is 26.3 Å². The summed E-state index contributed by atoms with van der Waals surface area (Å²) < 4.78 is 5.43. The highest BCUT2D eigenvalue weighted by molar-refractivity contribution is 9.09. The maximum Gasteiger partial charge on any atom is 0.316 e. The number of hydrogen-bond acceptors (Lipinski definition) is 2. The smallest absolute Gasteiger partial charge is 0.316 e. The van der Waals surface area contributed by atoms with Crippen molar-refractivity contribution in [3.63, 3.8) is 0 Å². The molecule has 0 aliphatic carbocycles. The van der Waals surface area contributed by atoms with Crippen LogP contribution >= 0.6 is 15.9 Å². The van der Waals surface area contributed by atoms with Gasteiger partial charge in [-0.15, -0.1) is 0 Å². The molecule has 0 fully saturated rings. The van der Waals surface area contributed by atoms with E-state index in [1.165, 1.54) is 128 Å². The molecule has 0 amide bonds. The molecular weight excluding hydrogens is 424 g/mol. The Morgan fingerprint density at radius 2 is 0.966 bits per heavy atom. The van der Waals surface area contributed by atoms with Crippen molar-refractivity contribution in [1.82, 2.24) is 0 Å². The molecule has 0 N–H and O–H groups in total. The quantitative estimate of drug-likeness (QED) is 0.0836. The molecule has 0 spiro atoms. The first-order chi connectivity index (χ1) is 14.2. The van der Waals surface area contributed by atoms with Crippen LogP contribution in [0.5, 0.6) is 0 Å². The molecule has 29 heavy (non-hydrogen) atoms. The molecule has 0 aliphatic rings. The molecule has 0 saturated carbocycles. The molecule has 3 heteroatoms. The minimum absolute atomic E-state index is 0.117. The fraction of sp³-hybridized carbons (Fsp3) is 0.962. The van der Waals surface area contributed by atoms with Gasteiger partial charge < -0.3 is 4.74 Å². The average molecular weight is 476 g/mol. The van der Waals surface area contributed by atoms with E-state index in [4.69, 9.17) is 4.74 Å². The second-order valence-electron chi connectivity index (χ2n) is 8.92. The van der Waals surface area contributed by atoms with Gasteiger partial charge in [0, 0.05) is 0 Å². The number of alkyl halides is 1. The van der Waals surface area contributed by atoms with Crippen LogP contribution in [0, 0.1) is 5.92 Å². The largest absolute Gasteiger partial charge is 0.465 e. The molecule has 0 heterocycles. The Morgan fingerprint density at radius 1 is 0.621 bits per heavy atom. The molecule has 0 saturated heterocycles. The molecule has 1 unspecified atom stereocenters. The van der Waals surface area contributed by atoms with Gasteiger partial charge in [0.2, 0.25) is 0 Å². The van der Waals surface area contributed by atoms with Crippen molar-refractivity contribution in [2.45, 2.75) is 142 Å². The van der Waals surface area contributed by atoms with Gasteiger partial charge in [0.05, 0.1) is 6.61 Å². The first kappa shape index (κ1) is 28.9. The molecule has 1 atom stereocenters. The summed E-state index contributed by atoms with van der Waals surface area (Å²) >= 11 is 3.20. The van der Waals surface area contributed by atoms with Crippen LogP contribution in [-0.2, 0) is 9.53 Å². The molecule has 0 aliphatic heterocycles. The summed E-state index contributed by atoms with van der Waals surface area (Å²) in [4.78, 5) is 11.5. The molecule has 2 nitrogen and oxygen atoms in total. The van der Waals surface area contributed by atoms with Crippen LogP contribution in [-0.4, -0.2) is 17.9 Å². The minimum atomic E-state index is -0.117. The number of ether oxygens (including phenoxy) is 1. The third kappa shape index (κ3) is 22.5. The number of rotatable bonds is 23. The fourth-order valence-electron chi connectivity index (χ4n) is 4.05. The second kappa shape index (κ2) is 24.2. The van der Waals surface area contributed by atoms with Gasteiger partial charge in [-0.2, -0.15) is 0 Å². The van der Waals surface area contributed by atoms with E-state index in [1.807, 2.05) is 0 Å². The van der Waals surface area contributed by atoms with Crippen LogP contribution in [0.25, 0.3) is 0 Å². The van der Waals surface area contributed by atoms with Crippen molar-refractivity contribution in [3.8, 4) is 0 Å². The number of unbranched alkanes of at least 4 members (excludes halogenated alkanes) is 16. The zero-order chi connectivity index (χ0) is 21.4. The summed E-state index contributed by atoms with van der Waals surface area (Å²) in [5.41, 5.74) is 0.